The van der Waals surface area contributed by atoms with E-state index in [9.17, 15) is 4.79 Å². The van der Waals surface area contributed by atoms with Gasteiger partial charge in [-0.15, -0.1) is 12.4 Å². The van der Waals surface area contributed by atoms with E-state index in [1.54, 1.807) is 0 Å². The summed E-state index contributed by atoms with van der Waals surface area (Å²) in [6.07, 6.45) is 1.51. The molecule has 4 nitrogen and oxygen atoms in total. The molecule has 1 aromatic rings. The number of hydrogen-bond donors (Lipinski definition) is 2. The number of ether oxygens (including phenoxy) is 1. The molecule has 21 heavy (non-hydrogen) atoms. The van der Waals surface area contributed by atoms with Gasteiger partial charge in [-0.3, -0.25) is 4.79 Å². The molecule has 0 bridgehead atoms. The van der Waals surface area contributed by atoms with E-state index in [0.29, 0.717) is 13.0 Å². The van der Waals surface area contributed by atoms with Gasteiger partial charge in [-0.05, 0) is 24.5 Å². The predicted octanol–water partition coefficient (Wildman–Crippen LogP) is 2.23. The lowest BCUT2D eigenvalue weighted by Gasteiger charge is -2.24. The summed E-state index contributed by atoms with van der Waals surface area (Å²) in [6.45, 7) is 6.33. The second-order valence-corrected chi connectivity index (χ2v) is 5.31. The fourth-order valence-corrected chi connectivity index (χ4v) is 2.40. The molecule has 1 fully saturated rings. The van der Waals surface area contributed by atoms with Crippen LogP contribution in [-0.4, -0.2) is 31.7 Å². The molecule has 0 saturated carbocycles. The van der Waals surface area contributed by atoms with Crippen LogP contribution in [0.2, 0.25) is 0 Å². The van der Waals surface area contributed by atoms with Crippen LogP contribution < -0.4 is 10.6 Å². The van der Waals surface area contributed by atoms with Gasteiger partial charge in [0.05, 0.1) is 19.3 Å². The fourth-order valence-electron chi connectivity index (χ4n) is 2.40. The van der Waals surface area contributed by atoms with Crippen LogP contribution in [0.3, 0.4) is 0 Å². The molecule has 118 valence electrons. The van der Waals surface area contributed by atoms with Crippen LogP contribution in [0.1, 0.15) is 37.4 Å². The highest BCUT2D eigenvalue weighted by molar-refractivity contribution is 5.85. The summed E-state index contributed by atoms with van der Waals surface area (Å²) in [5.41, 5.74) is 2.46. The first-order valence-corrected chi connectivity index (χ1v) is 7.38. The van der Waals surface area contributed by atoms with Gasteiger partial charge in [0.2, 0.25) is 5.91 Å². The Labute approximate surface area is 133 Å². The summed E-state index contributed by atoms with van der Waals surface area (Å²) in [5, 5.41) is 6.34. The molecule has 0 spiro atoms. The van der Waals surface area contributed by atoms with E-state index in [4.69, 9.17) is 4.74 Å². The molecule has 5 heteroatoms. The molecule has 1 aromatic carbocycles. The second kappa shape index (κ2) is 9.03. The zero-order chi connectivity index (χ0) is 14.4. The SMILES string of the molecule is CCc1ccc(C(C)NC(=O)CC2COCCN2)cc1.Cl. The Morgan fingerprint density at radius 3 is 2.71 bits per heavy atom. The lowest BCUT2D eigenvalue weighted by atomic mass is 10.0. The fraction of sp³-hybridized carbons (Fsp3) is 0.562. The molecular formula is C16H25ClN2O2. The van der Waals surface area contributed by atoms with Crippen LogP contribution in [0.4, 0.5) is 0 Å². The minimum absolute atomic E-state index is 0. The van der Waals surface area contributed by atoms with Crippen molar-refractivity contribution in [3.63, 3.8) is 0 Å². The number of hydrogen-bond acceptors (Lipinski definition) is 3. The molecule has 1 aliphatic rings. The Kier molecular flexibility index (Phi) is 7.72. The third-order valence-corrected chi connectivity index (χ3v) is 3.70. The first-order valence-electron chi connectivity index (χ1n) is 7.38. The normalized spacial score (nSPS) is 19.4. The third-order valence-electron chi connectivity index (χ3n) is 3.70. The monoisotopic (exact) mass is 312 g/mol. The van der Waals surface area contributed by atoms with Gasteiger partial charge < -0.3 is 15.4 Å². The highest BCUT2D eigenvalue weighted by atomic mass is 35.5. The van der Waals surface area contributed by atoms with Gasteiger partial charge in [-0.1, -0.05) is 31.2 Å². The molecule has 1 amide bonds. The number of rotatable bonds is 5. The first-order chi connectivity index (χ1) is 9.69. The number of aryl methyl sites for hydroxylation is 1. The highest BCUT2D eigenvalue weighted by Crippen LogP contribution is 2.14. The molecule has 1 heterocycles. The molecule has 1 saturated heterocycles. The molecule has 2 rings (SSSR count). The number of amides is 1. The van der Waals surface area contributed by atoms with E-state index in [1.165, 1.54) is 5.56 Å². The Balaban J connectivity index is 0.00000220. The van der Waals surface area contributed by atoms with Gasteiger partial charge >= 0.3 is 0 Å². The third kappa shape index (κ3) is 5.65. The van der Waals surface area contributed by atoms with Crippen molar-refractivity contribution in [2.45, 2.75) is 38.8 Å². The van der Waals surface area contributed by atoms with Crippen molar-refractivity contribution >= 4 is 18.3 Å². The van der Waals surface area contributed by atoms with Gasteiger partial charge in [0.1, 0.15) is 0 Å². The predicted molar refractivity (Wildman–Crippen MR) is 86.9 cm³/mol. The first kappa shape index (κ1) is 18.0. The van der Waals surface area contributed by atoms with Crippen LogP contribution in [0.25, 0.3) is 0 Å². The maximum Gasteiger partial charge on any atom is 0.222 e. The minimum Gasteiger partial charge on any atom is -0.378 e. The molecule has 1 aliphatic heterocycles. The smallest absolute Gasteiger partial charge is 0.222 e. The molecular weight excluding hydrogens is 288 g/mol. The van der Waals surface area contributed by atoms with E-state index >= 15 is 0 Å². The summed E-state index contributed by atoms with van der Waals surface area (Å²) in [7, 11) is 0. The van der Waals surface area contributed by atoms with Crippen LogP contribution in [0.5, 0.6) is 0 Å². The molecule has 0 aliphatic carbocycles. The van der Waals surface area contributed by atoms with Crippen molar-refractivity contribution in [1.82, 2.24) is 10.6 Å². The van der Waals surface area contributed by atoms with Crippen molar-refractivity contribution in [3.8, 4) is 0 Å². The van der Waals surface area contributed by atoms with Crippen LogP contribution >= 0.6 is 12.4 Å². The molecule has 2 atom stereocenters. The summed E-state index contributed by atoms with van der Waals surface area (Å²) in [4.78, 5) is 12.0. The molecule has 2 unspecified atom stereocenters. The van der Waals surface area contributed by atoms with Crippen molar-refractivity contribution in [2.24, 2.45) is 0 Å². The summed E-state index contributed by atoms with van der Waals surface area (Å²) >= 11 is 0. The van der Waals surface area contributed by atoms with Crippen molar-refractivity contribution < 1.29 is 9.53 Å². The average Bonchev–Trinajstić information content (AvgIpc) is 2.48. The average molecular weight is 313 g/mol. The quantitative estimate of drug-likeness (QED) is 0.876. The van der Waals surface area contributed by atoms with Crippen LogP contribution in [0, 0.1) is 0 Å². The summed E-state index contributed by atoms with van der Waals surface area (Å²) in [5.74, 6) is 0.0695. The number of carbonyl (C=O) groups excluding carboxylic acids is 1. The number of halogens is 1. The lowest BCUT2D eigenvalue weighted by molar-refractivity contribution is -0.122. The zero-order valence-electron chi connectivity index (χ0n) is 12.7. The Morgan fingerprint density at radius 2 is 2.14 bits per heavy atom. The number of benzene rings is 1. The standard InChI is InChI=1S/C16H24N2O2.ClH/c1-3-13-4-6-14(7-5-13)12(2)18-16(19)10-15-11-20-9-8-17-15;/h4-7,12,15,17H,3,8-11H2,1-2H3,(H,18,19);1H. The van der Waals surface area contributed by atoms with Crippen LogP contribution in [-0.2, 0) is 16.0 Å². The van der Waals surface area contributed by atoms with Gasteiger partial charge in [0, 0.05) is 19.0 Å². The van der Waals surface area contributed by atoms with Crippen molar-refractivity contribution in [1.29, 1.82) is 0 Å². The van der Waals surface area contributed by atoms with Gasteiger partial charge in [-0.2, -0.15) is 0 Å². The summed E-state index contributed by atoms with van der Waals surface area (Å²) < 4.78 is 5.36. The molecule has 0 aromatic heterocycles. The Morgan fingerprint density at radius 1 is 1.43 bits per heavy atom. The maximum absolute atomic E-state index is 12.0. The molecule has 0 radical (unpaired) electrons. The lowest BCUT2D eigenvalue weighted by Crippen LogP contribution is -2.44. The minimum atomic E-state index is 0. The second-order valence-electron chi connectivity index (χ2n) is 5.31. The number of nitrogens with one attached hydrogen (secondary N) is 2. The van der Waals surface area contributed by atoms with Gasteiger partial charge in [-0.25, -0.2) is 0 Å². The van der Waals surface area contributed by atoms with Crippen molar-refractivity contribution in [3.05, 3.63) is 35.4 Å². The highest BCUT2D eigenvalue weighted by Gasteiger charge is 2.18. The Bertz CT molecular complexity index is 430. The van der Waals surface area contributed by atoms with E-state index in [1.807, 2.05) is 6.92 Å². The van der Waals surface area contributed by atoms with Crippen molar-refractivity contribution in [2.75, 3.05) is 19.8 Å². The topological polar surface area (TPSA) is 50.4 Å². The largest absolute Gasteiger partial charge is 0.378 e. The van der Waals surface area contributed by atoms with Gasteiger partial charge in [0.15, 0.2) is 0 Å². The number of morpholine rings is 1. The molecule has 2 N–H and O–H groups in total. The Hall–Kier alpha value is -1.10. The number of carbonyl (C=O) groups is 1. The van der Waals surface area contributed by atoms with E-state index < -0.39 is 0 Å². The maximum atomic E-state index is 12.0. The zero-order valence-corrected chi connectivity index (χ0v) is 13.5. The summed E-state index contributed by atoms with van der Waals surface area (Å²) in [6, 6.07) is 8.59. The van der Waals surface area contributed by atoms with Gasteiger partial charge in [0.25, 0.3) is 0 Å². The van der Waals surface area contributed by atoms with E-state index in [-0.39, 0.29) is 30.4 Å². The van der Waals surface area contributed by atoms with E-state index in [2.05, 4.69) is 41.8 Å². The van der Waals surface area contributed by atoms with E-state index in [0.717, 1.165) is 25.1 Å². The van der Waals surface area contributed by atoms with Crippen LogP contribution in [0.15, 0.2) is 24.3 Å².